The average molecular weight is 596 g/mol. The van der Waals surface area contributed by atoms with Crippen molar-refractivity contribution in [3.8, 4) is 0 Å². The number of carbonyl (C=O) groups is 2. The lowest BCUT2D eigenvalue weighted by molar-refractivity contribution is -0.140. The van der Waals surface area contributed by atoms with Gasteiger partial charge in [0.1, 0.15) is 12.6 Å². The summed E-state index contributed by atoms with van der Waals surface area (Å²) in [7, 11) is -4.17. The van der Waals surface area contributed by atoms with Crippen molar-refractivity contribution in [2.45, 2.75) is 76.4 Å². The normalized spacial score (nSPS) is 14.4. The molecule has 0 aromatic heterocycles. The Balaban J connectivity index is 1.73. The molecule has 1 saturated carbocycles. The van der Waals surface area contributed by atoms with Crippen molar-refractivity contribution >= 4 is 39.1 Å². The Morgan fingerprint density at radius 2 is 1.59 bits per heavy atom. The van der Waals surface area contributed by atoms with Crippen LogP contribution in [0.4, 0.5) is 5.69 Å². The van der Waals surface area contributed by atoms with E-state index < -0.39 is 28.5 Å². The van der Waals surface area contributed by atoms with Crippen LogP contribution in [-0.2, 0) is 26.2 Å². The number of carbonyl (C=O) groups excluding carboxylic acids is 2. The first-order valence-electron chi connectivity index (χ1n) is 14.1. The topological polar surface area (TPSA) is 86.8 Å². The Kier molecular flexibility index (Phi) is 10.1. The molecule has 0 radical (unpaired) electrons. The molecule has 0 heterocycles. The summed E-state index contributed by atoms with van der Waals surface area (Å²) in [6, 6.07) is 20.0. The summed E-state index contributed by atoms with van der Waals surface area (Å²) in [4.78, 5) is 29.3. The molecule has 218 valence electrons. The van der Waals surface area contributed by atoms with Crippen LogP contribution in [-0.4, -0.2) is 43.8 Å². The van der Waals surface area contributed by atoms with Crippen LogP contribution in [0.3, 0.4) is 0 Å². The molecule has 1 aliphatic rings. The van der Waals surface area contributed by atoms with E-state index in [1.807, 2.05) is 45.0 Å². The standard InChI is InChI=1S/C32H38ClN3O4S/c1-4-29(32(38)34-26-13-7-8-14-26)35(21-25-12-6-5-11-24(25)3)31(37)22-36(30-16-10-9-15-28(30)33)41(39,40)27-19-17-23(2)18-20-27/h5-6,9-12,15-20,26,29H,4,7-8,13-14,21-22H2,1-3H3,(H,34,38)/t29-/m1/s1. The van der Waals surface area contributed by atoms with Gasteiger partial charge >= 0.3 is 0 Å². The fourth-order valence-electron chi connectivity index (χ4n) is 5.26. The molecule has 1 N–H and O–H groups in total. The molecule has 0 aliphatic heterocycles. The van der Waals surface area contributed by atoms with E-state index >= 15 is 0 Å². The van der Waals surface area contributed by atoms with Crippen molar-refractivity contribution in [2.75, 3.05) is 10.8 Å². The minimum absolute atomic E-state index is 0.0484. The molecular formula is C32H38ClN3O4S. The Hall–Kier alpha value is -3.36. The summed E-state index contributed by atoms with van der Waals surface area (Å²) in [5, 5.41) is 3.34. The van der Waals surface area contributed by atoms with Gasteiger partial charge in [-0.25, -0.2) is 8.42 Å². The highest BCUT2D eigenvalue weighted by Gasteiger charge is 2.35. The van der Waals surface area contributed by atoms with Gasteiger partial charge in [-0.3, -0.25) is 13.9 Å². The molecule has 7 nitrogen and oxygen atoms in total. The summed E-state index contributed by atoms with van der Waals surface area (Å²) in [6.45, 7) is 5.35. The summed E-state index contributed by atoms with van der Waals surface area (Å²) in [6.07, 6.45) is 4.35. The van der Waals surface area contributed by atoms with Crippen molar-refractivity contribution < 1.29 is 18.0 Å². The maximum Gasteiger partial charge on any atom is 0.264 e. The number of amides is 2. The Morgan fingerprint density at radius 1 is 0.951 bits per heavy atom. The van der Waals surface area contributed by atoms with Crippen molar-refractivity contribution in [3.05, 3.63) is 94.5 Å². The maximum atomic E-state index is 14.2. The molecule has 0 saturated heterocycles. The Bertz CT molecular complexity index is 1470. The summed E-state index contributed by atoms with van der Waals surface area (Å²) in [5.41, 5.74) is 2.97. The van der Waals surface area contributed by atoms with Gasteiger partial charge in [0.15, 0.2) is 0 Å². The first-order valence-corrected chi connectivity index (χ1v) is 15.9. The van der Waals surface area contributed by atoms with Crippen LogP contribution in [0.2, 0.25) is 5.02 Å². The zero-order chi connectivity index (χ0) is 29.6. The summed E-state index contributed by atoms with van der Waals surface area (Å²) in [5.74, 6) is -0.704. The van der Waals surface area contributed by atoms with Gasteiger partial charge in [-0.05, 0) is 68.5 Å². The monoisotopic (exact) mass is 595 g/mol. The molecule has 0 spiro atoms. The third kappa shape index (κ3) is 7.29. The third-order valence-electron chi connectivity index (χ3n) is 7.70. The lowest BCUT2D eigenvalue weighted by Gasteiger charge is -2.34. The number of nitrogens with zero attached hydrogens (tertiary/aromatic N) is 2. The van der Waals surface area contributed by atoms with Crippen LogP contribution >= 0.6 is 11.6 Å². The van der Waals surface area contributed by atoms with Gasteiger partial charge in [-0.15, -0.1) is 0 Å². The first kappa shape index (κ1) is 30.6. The predicted molar refractivity (Wildman–Crippen MR) is 163 cm³/mol. The number of hydrogen-bond acceptors (Lipinski definition) is 4. The molecule has 9 heteroatoms. The van der Waals surface area contributed by atoms with E-state index in [0.29, 0.717) is 6.42 Å². The van der Waals surface area contributed by atoms with E-state index in [2.05, 4.69) is 5.32 Å². The zero-order valence-electron chi connectivity index (χ0n) is 23.8. The van der Waals surface area contributed by atoms with Gasteiger partial charge in [0, 0.05) is 12.6 Å². The van der Waals surface area contributed by atoms with Crippen LogP contribution in [0.5, 0.6) is 0 Å². The molecule has 1 atom stereocenters. The highest BCUT2D eigenvalue weighted by Crippen LogP contribution is 2.31. The Morgan fingerprint density at radius 3 is 2.22 bits per heavy atom. The number of hydrogen-bond donors (Lipinski definition) is 1. The molecule has 1 fully saturated rings. The minimum Gasteiger partial charge on any atom is -0.352 e. The lowest BCUT2D eigenvalue weighted by atomic mass is 10.1. The summed E-state index contributed by atoms with van der Waals surface area (Å²) >= 11 is 6.49. The zero-order valence-corrected chi connectivity index (χ0v) is 25.4. The molecule has 4 rings (SSSR count). The van der Waals surface area contributed by atoms with E-state index in [9.17, 15) is 18.0 Å². The van der Waals surface area contributed by atoms with Gasteiger partial charge in [-0.1, -0.05) is 85.5 Å². The van der Waals surface area contributed by atoms with Crippen LogP contribution in [0, 0.1) is 13.8 Å². The molecule has 41 heavy (non-hydrogen) atoms. The quantitative estimate of drug-likeness (QED) is 0.294. The lowest BCUT2D eigenvalue weighted by Crippen LogP contribution is -2.53. The molecule has 3 aromatic carbocycles. The number of halogens is 1. The maximum absolute atomic E-state index is 14.2. The van der Waals surface area contributed by atoms with Crippen LogP contribution in [0.25, 0.3) is 0 Å². The second-order valence-electron chi connectivity index (χ2n) is 10.6. The van der Waals surface area contributed by atoms with E-state index in [-0.39, 0.29) is 34.1 Å². The van der Waals surface area contributed by atoms with Crippen molar-refractivity contribution in [1.29, 1.82) is 0 Å². The van der Waals surface area contributed by atoms with Gasteiger partial charge in [0.25, 0.3) is 10.0 Å². The number of rotatable bonds is 11. The van der Waals surface area contributed by atoms with Gasteiger partial charge in [0.05, 0.1) is 15.6 Å². The van der Waals surface area contributed by atoms with E-state index in [1.165, 1.54) is 17.0 Å². The van der Waals surface area contributed by atoms with E-state index in [0.717, 1.165) is 46.7 Å². The SMILES string of the molecule is CC[C@H](C(=O)NC1CCCC1)N(Cc1ccccc1C)C(=O)CN(c1ccccc1Cl)S(=O)(=O)c1ccc(C)cc1. The van der Waals surface area contributed by atoms with Crippen LogP contribution < -0.4 is 9.62 Å². The smallest absolute Gasteiger partial charge is 0.264 e. The van der Waals surface area contributed by atoms with E-state index in [4.69, 9.17) is 11.6 Å². The largest absolute Gasteiger partial charge is 0.352 e. The van der Waals surface area contributed by atoms with Crippen molar-refractivity contribution in [2.24, 2.45) is 0 Å². The Labute approximate surface area is 248 Å². The van der Waals surface area contributed by atoms with Gasteiger partial charge in [0.2, 0.25) is 11.8 Å². The fourth-order valence-corrected chi connectivity index (χ4v) is 6.98. The van der Waals surface area contributed by atoms with Gasteiger partial charge < -0.3 is 10.2 Å². The summed E-state index contributed by atoms with van der Waals surface area (Å²) < 4.78 is 29.0. The second kappa shape index (κ2) is 13.5. The number of sulfonamides is 1. The fraction of sp³-hybridized carbons (Fsp3) is 0.375. The van der Waals surface area contributed by atoms with Gasteiger partial charge in [-0.2, -0.15) is 0 Å². The number of aryl methyl sites for hydroxylation is 2. The predicted octanol–water partition coefficient (Wildman–Crippen LogP) is 6.02. The number of benzene rings is 3. The highest BCUT2D eigenvalue weighted by molar-refractivity contribution is 7.92. The first-order chi connectivity index (χ1) is 19.6. The van der Waals surface area contributed by atoms with Crippen LogP contribution in [0.1, 0.15) is 55.7 Å². The van der Waals surface area contributed by atoms with Crippen LogP contribution in [0.15, 0.2) is 77.7 Å². The molecule has 1 aliphatic carbocycles. The molecule has 0 unspecified atom stereocenters. The van der Waals surface area contributed by atoms with Crippen molar-refractivity contribution in [3.63, 3.8) is 0 Å². The molecule has 0 bridgehead atoms. The van der Waals surface area contributed by atoms with Crippen molar-refractivity contribution in [1.82, 2.24) is 10.2 Å². The highest BCUT2D eigenvalue weighted by atomic mass is 35.5. The third-order valence-corrected chi connectivity index (χ3v) is 9.79. The van der Waals surface area contributed by atoms with E-state index in [1.54, 1.807) is 36.4 Å². The molecular weight excluding hydrogens is 558 g/mol. The number of para-hydroxylation sites is 1. The second-order valence-corrected chi connectivity index (χ2v) is 12.9. The number of anilines is 1. The molecule has 2 amide bonds. The average Bonchev–Trinajstić information content (AvgIpc) is 3.46. The number of nitrogens with one attached hydrogen (secondary N) is 1. The molecule has 3 aromatic rings. The minimum atomic E-state index is -4.17.